The molecule has 1 aromatic rings. The highest BCUT2D eigenvalue weighted by molar-refractivity contribution is 9.15. The van der Waals surface area contributed by atoms with E-state index in [2.05, 4.69) is 63.7 Å². The van der Waals surface area contributed by atoms with Crippen LogP contribution in [0.15, 0.2) is 17.9 Å². The monoisotopic (exact) mass is 668 g/mol. The van der Waals surface area contributed by atoms with Crippen molar-refractivity contribution in [3.05, 3.63) is 29.0 Å². The van der Waals surface area contributed by atoms with E-state index in [4.69, 9.17) is 14.0 Å². The number of benzene rings is 1. The number of hydrogen-bond donors (Lipinski definition) is 1. The third-order valence-electron chi connectivity index (χ3n) is 4.08. The van der Waals surface area contributed by atoms with Crippen LogP contribution in [0.1, 0.15) is 52.8 Å². The Morgan fingerprint density at radius 1 is 0.893 bits per heavy atom. The molecule has 12 heteroatoms. The average Bonchev–Trinajstić information content (AvgIpc) is 2.62. The van der Waals surface area contributed by atoms with E-state index < -0.39 is 34.4 Å². The Morgan fingerprint density at radius 3 is 1.89 bits per heavy atom. The zero-order valence-corrected chi connectivity index (χ0v) is 21.5. The number of carbonyl (C=O) groups excluding carboxylic acids is 2. The fraction of sp³-hybridized carbons (Fsp3) is 0.500. The van der Waals surface area contributed by atoms with Gasteiger partial charge in [0.05, 0.1) is 11.1 Å². The molecule has 1 saturated carbocycles. The molecule has 1 aromatic carbocycles. The number of esters is 2. The smallest absolute Gasteiger partial charge is 0.340 e. The minimum absolute atomic E-state index is 0.0376. The average molecular weight is 672 g/mol. The molecule has 1 aliphatic rings. The Balaban J connectivity index is 2.36. The van der Waals surface area contributed by atoms with Crippen molar-refractivity contribution in [1.82, 2.24) is 0 Å². The SMILES string of the molecule is O=C(OCCS(=O)(=O)O)c1c(Br)c(Br)c(Br)c(Br)c1C(=O)OC1CCCCC1. The topological polar surface area (TPSA) is 107 Å². The van der Waals surface area contributed by atoms with Gasteiger partial charge in [-0.15, -0.1) is 0 Å². The van der Waals surface area contributed by atoms with Crippen LogP contribution in [0.25, 0.3) is 0 Å². The number of halogens is 4. The molecule has 0 bridgehead atoms. The summed E-state index contributed by atoms with van der Waals surface area (Å²) in [4.78, 5) is 25.4. The molecule has 1 N–H and O–H groups in total. The Hall–Kier alpha value is -0.0100. The van der Waals surface area contributed by atoms with Crippen molar-refractivity contribution in [2.45, 2.75) is 38.2 Å². The predicted molar refractivity (Wildman–Crippen MR) is 116 cm³/mol. The standard InChI is InChI=1S/C16H16Br4O7S/c17-11-9(15(21)26-6-7-28(23,24)25)10(12(18)14(20)13(11)19)16(22)27-8-4-2-1-3-5-8/h8H,1-7H2,(H,23,24,25). The summed E-state index contributed by atoms with van der Waals surface area (Å²) in [6, 6.07) is 0. The normalized spacial score (nSPS) is 15.3. The molecule has 28 heavy (non-hydrogen) atoms. The highest BCUT2D eigenvalue weighted by atomic mass is 79.9. The first-order valence-corrected chi connectivity index (χ1v) is 13.0. The van der Waals surface area contributed by atoms with Crippen molar-refractivity contribution >= 4 is 85.8 Å². The lowest BCUT2D eigenvalue weighted by Gasteiger charge is -2.23. The summed E-state index contributed by atoms with van der Waals surface area (Å²) in [5.41, 5.74) is -0.150. The zero-order valence-electron chi connectivity index (χ0n) is 14.3. The van der Waals surface area contributed by atoms with Crippen molar-refractivity contribution in [2.24, 2.45) is 0 Å². The third-order valence-corrected chi connectivity index (χ3v) is 9.53. The first-order valence-electron chi connectivity index (χ1n) is 8.22. The molecule has 0 saturated heterocycles. The van der Waals surface area contributed by atoms with Crippen molar-refractivity contribution < 1.29 is 32.0 Å². The Morgan fingerprint density at radius 2 is 1.39 bits per heavy atom. The van der Waals surface area contributed by atoms with E-state index in [0.29, 0.717) is 13.4 Å². The molecule has 0 heterocycles. The van der Waals surface area contributed by atoms with Crippen LogP contribution in [0, 0.1) is 0 Å². The molecular formula is C16H16Br4O7S. The van der Waals surface area contributed by atoms with Crippen LogP contribution in [-0.2, 0) is 19.6 Å². The van der Waals surface area contributed by atoms with Gasteiger partial charge in [-0.05, 0) is 89.4 Å². The van der Waals surface area contributed by atoms with Crippen LogP contribution >= 0.6 is 63.7 Å². The molecule has 7 nitrogen and oxygen atoms in total. The maximum absolute atomic E-state index is 12.9. The van der Waals surface area contributed by atoms with Gasteiger partial charge in [0.2, 0.25) is 0 Å². The van der Waals surface area contributed by atoms with Gasteiger partial charge in [0.25, 0.3) is 10.1 Å². The lowest BCUT2D eigenvalue weighted by molar-refractivity contribution is 0.0202. The van der Waals surface area contributed by atoms with Gasteiger partial charge in [-0.3, -0.25) is 4.55 Å². The van der Waals surface area contributed by atoms with Crippen LogP contribution in [-0.4, -0.2) is 43.4 Å². The van der Waals surface area contributed by atoms with E-state index in [9.17, 15) is 18.0 Å². The minimum Gasteiger partial charge on any atom is -0.461 e. The van der Waals surface area contributed by atoms with Gasteiger partial charge in [0, 0.05) is 17.9 Å². The van der Waals surface area contributed by atoms with Crippen molar-refractivity contribution in [3.63, 3.8) is 0 Å². The van der Waals surface area contributed by atoms with Gasteiger partial charge in [-0.2, -0.15) is 8.42 Å². The molecular weight excluding hydrogens is 656 g/mol. The maximum Gasteiger partial charge on any atom is 0.340 e. The van der Waals surface area contributed by atoms with Crippen LogP contribution in [0.3, 0.4) is 0 Å². The number of carbonyl (C=O) groups is 2. The van der Waals surface area contributed by atoms with E-state index in [0.717, 1.165) is 32.1 Å². The van der Waals surface area contributed by atoms with Crippen LogP contribution in [0.5, 0.6) is 0 Å². The highest BCUT2D eigenvalue weighted by Gasteiger charge is 2.31. The number of rotatable bonds is 6. The van der Waals surface area contributed by atoms with Gasteiger partial charge in [0.15, 0.2) is 0 Å². The lowest BCUT2D eigenvalue weighted by atomic mass is 9.97. The van der Waals surface area contributed by atoms with E-state index in [1.54, 1.807) is 0 Å². The Labute approximate surface area is 196 Å². The molecule has 0 spiro atoms. The summed E-state index contributed by atoms with van der Waals surface area (Å²) in [6.07, 6.45) is 4.33. The highest BCUT2D eigenvalue weighted by Crippen LogP contribution is 2.43. The first kappa shape index (κ1) is 24.3. The van der Waals surface area contributed by atoms with Gasteiger partial charge >= 0.3 is 11.9 Å². The maximum atomic E-state index is 12.9. The number of ether oxygens (including phenoxy) is 2. The van der Waals surface area contributed by atoms with Gasteiger partial charge < -0.3 is 9.47 Å². The quantitative estimate of drug-likeness (QED) is 0.190. The van der Waals surface area contributed by atoms with Gasteiger partial charge in [0.1, 0.15) is 18.5 Å². The molecule has 2 rings (SSSR count). The largest absolute Gasteiger partial charge is 0.461 e. The van der Waals surface area contributed by atoms with E-state index in [1.165, 1.54) is 0 Å². The molecule has 0 aromatic heterocycles. The second-order valence-electron chi connectivity index (χ2n) is 6.09. The summed E-state index contributed by atoms with van der Waals surface area (Å²) >= 11 is 13.2. The van der Waals surface area contributed by atoms with E-state index in [1.807, 2.05) is 0 Å². The van der Waals surface area contributed by atoms with Gasteiger partial charge in [-0.25, -0.2) is 9.59 Å². The fourth-order valence-corrected chi connectivity index (χ4v) is 5.46. The second-order valence-corrected chi connectivity index (χ2v) is 10.8. The summed E-state index contributed by atoms with van der Waals surface area (Å²) < 4.78 is 42.4. The zero-order chi connectivity index (χ0) is 21.1. The van der Waals surface area contributed by atoms with Gasteiger partial charge in [-0.1, -0.05) is 6.42 Å². The van der Waals surface area contributed by atoms with E-state index in [-0.39, 0.29) is 21.7 Å². The molecule has 1 fully saturated rings. The summed E-state index contributed by atoms with van der Waals surface area (Å²) in [5, 5.41) is 0. The minimum atomic E-state index is -4.29. The molecule has 0 aliphatic heterocycles. The third kappa shape index (κ3) is 6.24. The van der Waals surface area contributed by atoms with Crippen LogP contribution in [0.2, 0.25) is 0 Å². The first-order chi connectivity index (χ1) is 13.0. The van der Waals surface area contributed by atoms with Crippen molar-refractivity contribution in [2.75, 3.05) is 12.4 Å². The predicted octanol–water partition coefficient (Wildman–Crippen LogP) is 5.27. The summed E-state index contributed by atoms with van der Waals surface area (Å²) in [5.74, 6) is -2.37. The Bertz CT molecular complexity index is 880. The summed E-state index contributed by atoms with van der Waals surface area (Å²) in [6.45, 7) is -0.563. The molecule has 0 radical (unpaired) electrons. The van der Waals surface area contributed by atoms with Crippen LogP contribution < -0.4 is 0 Å². The molecule has 0 unspecified atom stereocenters. The van der Waals surface area contributed by atoms with Crippen molar-refractivity contribution in [1.29, 1.82) is 0 Å². The second kappa shape index (κ2) is 10.3. The van der Waals surface area contributed by atoms with Crippen molar-refractivity contribution in [3.8, 4) is 0 Å². The van der Waals surface area contributed by atoms with E-state index >= 15 is 0 Å². The van der Waals surface area contributed by atoms with Crippen LogP contribution in [0.4, 0.5) is 0 Å². The number of hydrogen-bond acceptors (Lipinski definition) is 6. The lowest BCUT2D eigenvalue weighted by Crippen LogP contribution is -2.24. The summed E-state index contributed by atoms with van der Waals surface area (Å²) in [7, 11) is -4.29. The fourth-order valence-electron chi connectivity index (χ4n) is 2.72. The molecule has 1 aliphatic carbocycles. The molecule has 156 valence electrons. The Kier molecular flexibility index (Phi) is 8.96. The molecule has 0 atom stereocenters. The molecule has 0 amide bonds.